The highest BCUT2D eigenvalue weighted by molar-refractivity contribution is 6.38. The van der Waals surface area contributed by atoms with Gasteiger partial charge in [-0.05, 0) is 58.7 Å². The molecule has 0 unspecified atom stereocenters. The molecule has 1 saturated heterocycles. The lowest BCUT2D eigenvalue weighted by molar-refractivity contribution is -0.384. The van der Waals surface area contributed by atoms with E-state index in [1.165, 1.54) is 48.5 Å². The first-order valence-corrected chi connectivity index (χ1v) is 14.3. The van der Waals surface area contributed by atoms with Gasteiger partial charge in [-0.2, -0.15) is 0 Å². The number of halogens is 2. The van der Waals surface area contributed by atoms with Gasteiger partial charge in [-0.3, -0.25) is 24.5 Å². The summed E-state index contributed by atoms with van der Waals surface area (Å²) in [5, 5.41) is 10.8. The molecule has 0 saturated carbocycles. The quantitative estimate of drug-likeness (QED) is 0.0668. The van der Waals surface area contributed by atoms with Crippen LogP contribution < -0.4 is 4.90 Å². The molecule has 2 bridgehead atoms. The first kappa shape index (κ1) is 27.9. The molecule has 1 fully saturated rings. The second-order valence-electron chi connectivity index (χ2n) is 10.8. The van der Waals surface area contributed by atoms with Gasteiger partial charge in [0.1, 0.15) is 9.75 Å². The molecule has 1 aliphatic heterocycles. The molecule has 4 aromatic rings. The average Bonchev–Trinajstić information content (AvgIpc) is 3.33. The Morgan fingerprint density at radius 3 is 1.59 bits per heavy atom. The smallest absolute Gasteiger partial charge is 0.338 e. The van der Waals surface area contributed by atoms with Crippen LogP contribution in [0.2, 0.25) is 0 Å². The zero-order valence-corrected chi connectivity index (χ0v) is 24.1. The number of carbonyl (C=O) groups is 4. The summed E-state index contributed by atoms with van der Waals surface area (Å²) >= 11 is 14.9. The number of nitrogens with zero attached hydrogens (tertiary/aromatic N) is 2. The molecule has 4 aromatic carbocycles. The Balaban J connectivity index is 1.14. The van der Waals surface area contributed by atoms with E-state index in [9.17, 15) is 29.3 Å². The summed E-state index contributed by atoms with van der Waals surface area (Å²) in [5.74, 6) is -4.26. The molecule has 9 nitrogen and oxygen atoms in total. The molecule has 2 atom stereocenters. The number of amides is 2. The minimum atomic E-state index is -1.31. The number of ether oxygens (including phenoxy) is 1. The summed E-state index contributed by atoms with van der Waals surface area (Å²) in [6.45, 7) is -0.582. The fraction of sp³-hybridized carbons (Fsp3) is 0.152. The molecular weight excluding hydrogens is 607 g/mol. The molecular formula is C33H20Cl2N2O7. The third-order valence-corrected chi connectivity index (χ3v) is 9.97. The molecule has 218 valence electrons. The lowest BCUT2D eigenvalue weighted by atomic mass is 9.54. The highest BCUT2D eigenvalue weighted by Crippen LogP contribution is 2.69. The first-order chi connectivity index (χ1) is 21.1. The summed E-state index contributed by atoms with van der Waals surface area (Å²) in [4.78, 5) is 62.0. The summed E-state index contributed by atoms with van der Waals surface area (Å²) in [6, 6.07) is 25.3. The van der Waals surface area contributed by atoms with Crippen molar-refractivity contribution in [3.63, 3.8) is 0 Å². The van der Waals surface area contributed by atoms with E-state index in [1.807, 2.05) is 48.5 Å². The molecule has 0 radical (unpaired) electrons. The predicted molar refractivity (Wildman–Crippen MR) is 160 cm³/mol. The normalized spacial score (nSPS) is 24.4. The van der Waals surface area contributed by atoms with Gasteiger partial charge < -0.3 is 4.74 Å². The van der Waals surface area contributed by atoms with Crippen LogP contribution >= 0.6 is 23.2 Å². The van der Waals surface area contributed by atoms with Crippen LogP contribution in [0.1, 0.15) is 43.0 Å². The molecule has 1 heterocycles. The number of benzene rings is 4. The van der Waals surface area contributed by atoms with E-state index in [0.29, 0.717) is 22.3 Å². The van der Waals surface area contributed by atoms with Crippen LogP contribution in [-0.2, 0) is 24.1 Å². The van der Waals surface area contributed by atoms with Crippen molar-refractivity contribution >= 4 is 58.1 Å². The van der Waals surface area contributed by atoms with E-state index in [-0.39, 0.29) is 22.5 Å². The number of hydrogen-bond acceptors (Lipinski definition) is 7. The van der Waals surface area contributed by atoms with Crippen molar-refractivity contribution in [1.29, 1.82) is 0 Å². The number of nitro benzene ring substituents is 1. The maximum absolute atomic E-state index is 14.1. The van der Waals surface area contributed by atoms with E-state index in [2.05, 4.69) is 0 Å². The van der Waals surface area contributed by atoms with Crippen molar-refractivity contribution in [3.8, 4) is 0 Å². The Labute approximate surface area is 260 Å². The minimum absolute atomic E-state index is 0.0873. The van der Waals surface area contributed by atoms with Crippen molar-refractivity contribution in [2.45, 2.75) is 9.75 Å². The third-order valence-electron chi connectivity index (χ3n) is 8.68. The number of non-ortho nitro benzene ring substituents is 1. The van der Waals surface area contributed by atoms with Gasteiger partial charge in [0.2, 0.25) is 11.8 Å². The van der Waals surface area contributed by atoms with Gasteiger partial charge in [0.05, 0.1) is 28.0 Å². The molecule has 0 aromatic heterocycles. The standard InChI is InChI=1S/C33H20Cl2N2O7/c34-32-22-5-1-2-6-23(22)33(35,25-8-4-3-7-24(25)32)28-27(32)29(39)36(30(28)40)20-13-11-19(12-14-20)31(41)44-17-26(38)18-9-15-21(16-10-18)37(42)43/h1-16,27-28H,17H2/t27-,28-,32?,33?/m1/s1. The van der Waals surface area contributed by atoms with Gasteiger partial charge >= 0.3 is 5.97 Å². The van der Waals surface area contributed by atoms with Crippen LogP contribution in [0, 0.1) is 22.0 Å². The van der Waals surface area contributed by atoms with Crippen LogP contribution in [0.25, 0.3) is 0 Å². The summed E-state index contributed by atoms with van der Waals surface area (Å²) in [6.07, 6.45) is 0. The Morgan fingerprint density at radius 2 is 1.16 bits per heavy atom. The van der Waals surface area contributed by atoms with Crippen LogP contribution in [0.5, 0.6) is 0 Å². The van der Waals surface area contributed by atoms with Gasteiger partial charge in [0.25, 0.3) is 5.69 Å². The fourth-order valence-electron chi connectivity index (χ4n) is 6.73. The predicted octanol–water partition coefficient (Wildman–Crippen LogP) is 5.73. The zero-order chi connectivity index (χ0) is 31.0. The monoisotopic (exact) mass is 626 g/mol. The molecule has 4 aliphatic rings. The summed E-state index contributed by atoms with van der Waals surface area (Å²) in [7, 11) is 0. The third kappa shape index (κ3) is 3.72. The number of nitro groups is 1. The van der Waals surface area contributed by atoms with Gasteiger partial charge in [-0.1, -0.05) is 48.5 Å². The molecule has 11 heteroatoms. The molecule has 44 heavy (non-hydrogen) atoms. The number of rotatable bonds is 6. The Bertz CT molecular complexity index is 1800. The van der Waals surface area contributed by atoms with Crippen molar-refractivity contribution in [2.24, 2.45) is 11.8 Å². The van der Waals surface area contributed by atoms with Gasteiger partial charge in [-0.15, -0.1) is 23.2 Å². The Kier molecular flexibility index (Phi) is 6.25. The summed E-state index contributed by atoms with van der Waals surface area (Å²) in [5.41, 5.74) is 3.09. The van der Waals surface area contributed by atoms with Gasteiger partial charge in [-0.25, -0.2) is 9.69 Å². The van der Waals surface area contributed by atoms with E-state index in [0.717, 1.165) is 4.90 Å². The number of alkyl halides is 2. The molecule has 3 aliphatic carbocycles. The van der Waals surface area contributed by atoms with E-state index in [1.54, 1.807) is 0 Å². The highest BCUT2D eigenvalue weighted by atomic mass is 35.5. The van der Waals surface area contributed by atoms with Gasteiger partial charge in [0, 0.05) is 17.7 Å². The fourth-order valence-corrected chi connectivity index (χ4v) is 7.83. The largest absolute Gasteiger partial charge is 0.454 e. The average molecular weight is 627 g/mol. The van der Waals surface area contributed by atoms with E-state index in [4.69, 9.17) is 27.9 Å². The van der Waals surface area contributed by atoms with Crippen molar-refractivity contribution in [2.75, 3.05) is 11.5 Å². The second-order valence-corrected chi connectivity index (χ2v) is 12.0. The van der Waals surface area contributed by atoms with E-state index < -0.39 is 56.7 Å². The SMILES string of the molecule is O=C(COC(=O)c1ccc(N2C(=O)[C@H]3[C@H](C2=O)C2(Cl)c4ccccc4C3(Cl)c3ccccc32)cc1)c1ccc([N+](=O)[O-])cc1. The van der Waals surface area contributed by atoms with Gasteiger partial charge in [0.15, 0.2) is 12.4 Å². The zero-order valence-electron chi connectivity index (χ0n) is 22.6. The molecule has 0 spiro atoms. The maximum Gasteiger partial charge on any atom is 0.338 e. The van der Waals surface area contributed by atoms with Crippen molar-refractivity contribution < 1.29 is 28.8 Å². The number of ketones is 1. The minimum Gasteiger partial charge on any atom is -0.454 e. The number of esters is 1. The molecule has 0 N–H and O–H groups in total. The molecule has 2 amide bonds. The Morgan fingerprint density at radius 1 is 0.727 bits per heavy atom. The van der Waals surface area contributed by atoms with Crippen LogP contribution in [0.4, 0.5) is 11.4 Å². The van der Waals surface area contributed by atoms with Crippen LogP contribution in [-0.4, -0.2) is 35.1 Å². The van der Waals surface area contributed by atoms with E-state index >= 15 is 0 Å². The Hall–Kier alpha value is -4.86. The lowest BCUT2D eigenvalue weighted by Crippen LogP contribution is -2.57. The number of imide groups is 1. The molecule has 8 rings (SSSR count). The number of anilines is 1. The number of carbonyl (C=O) groups excluding carboxylic acids is 4. The maximum atomic E-state index is 14.1. The van der Waals surface area contributed by atoms with Crippen molar-refractivity contribution in [3.05, 3.63) is 141 Å². The number of hydrogen-bond donors (Lipinski definition) is 0. The van der Waals surface area contributed by atoms with Crippen LogP contribution in [0.15, 0.2) is 97.1 Å². The topological polar surface area (TPSA) is 124 Å². The van der Waals surface area contributed by atoms with Crippen LogP contribution in [0.3, 0.4) is 0 Å². The lowest BCUT2D eigenvalue weighted by Gasteiger charge is -2.54. The van der Waals surface area contributed by atoms with Crippen molar-refractivity contribution in [1.82, 2.24) is 0 Å². The number of Topliss-reactive ketones (excluding diaryl/α,β-unsaturated/α-hetero) is 1. The highest BCUT2D eigenvalue weighted by Gasteiger charge is 2.73. The second kappa shape index (κ2) is 9.83. The summed E-state index contributed by atoms with van der Waals surface area (Å²) < 4.78 is 5.14. The first-order valence-electron chi connectivity index (χ1n) is 13.6.